The van der Waals surface area contributed by atoms with E-state index in [9.17, 15) is 9.59 Å². The molecule has 0 unspecified atom stereocenters. The van der Waals surface area contributed by atoms with Crippen LogP contribution >= 0.6 is 0 Å². The van der Waals surface area contributed by atoms with Gasteiger partial charge in [0.2, 0.25) is 0 Å². The summed E-state index contributed by atoms with van der Waals surface area (Å²) in [5, 5.41) is 0. The highest BCUT2D eigenvalue weighted by Gasteiger charge is 2.21. The highest BCUT2D eigenvalue weighted by atomic mass is 16.5. The van der Waals surface area contributed by atoms with Gasteiger partial charge in [0, 0.05) is 25.9 Å². The molecule has 0 bridgehead atoms. The zero-order valence-corrected chi connectivity index (χ0v) is 11.4. The molecule has 1 aliphatic heterocycles. The van der Waals surface area contributed by atoms with Crippen molar-refractivity contribution in [3.63, 3.8) is 0 Å². The quantitative estimate of drug-likeness (QED) is 0.834. The van der Waals surface area contributed by atoms with Gasteiger partial charge in [-0.1, -0.05) is 12.1 Å². The van der Waals surface area contributed by atoms with Crippen molar-refractivity contribution in [2.75, 3.05) is 19.7 Å². The van der Waals surface area contributed by atoms with Crippen LogP contribution in [0, 0.1) is 13.8 Å². The third kappa shape index (κ3) is 3.56. The summed E-state index contributed by atoms with van der Waals surface area (Å²) < 4.78 is 5.58. The lowest BCUT2D eigenvalue weighted by atomic mass is 10.1. The third-order valence-electron chi connectivity index (χ3n) is 3.37. The largest absolute Gasteiger partial charge is 0.483 e. The molecule has 1 saturated heterocycles. The number of nitrogens with zero attached hydrogens (tertiary/aromatic N) is 1. The van der Waals surface area contributed by atoms with Gasteiger partial charge in [0.05, 0.1) is 0 Å². The standard InChI is InChI=1S/C15H19NO3/c1-11-3-4-12(2)14(9-11)19-10-15(18)16-7-5-13(17)6-8-16/h3-4,9H,5-8,10H2,1-2H3. The first kappa shape index (κ1) is 13.6. The van der Waals surface area contributed by atoms with E-state index in [1.807, 2.05) is 32.0 Å². The predicted molar refractivity (Wildman–Crippen MR) is 72.2 cm³/mol. The summed E-state index contributed by atoms with van der Waals surface area (Å²) in [6.45, 7) is 5.03. The van der Waals surface area contributed by atoms with E-state index in [4.69, 9.17) is 4.74 Å². The summed E-state index contributed by atoms with van der Waals surface area (Å²) in [6, 6.07) is 5.93. The molecule has 0 saturated carbocycles. The molecule has 0 atom stereocenters. The van der Waals surface area contributed by atoms with Crippen molar-refractivity contribution >= 4 is 11.7 Å². The minimum atomic E-state index is -0.0478. The Balaban J connectivity index is 1.89. The van der Waals surface area contributed by atoms with E-state index in [-0.39, 0.29) is 18.3 Å². The van der Waals surface area contributed by atoms with Crippen LogP contribution in [0.5, 0.6) is 5.75 Å². The monoisotopic (exact) mass is 261 g/mol. The van der Waals surface area contributed by atoms with Crippen molar-refractivity contribution in [3.05, 3.63) is 29.3 Å². The molecule has 4 heteroatoms. The highest BCUT2D eigenvalue weighted by molar-refractivity contribution is 5.84. The molecule has 1 aromatic rings. The number of ketones is 1. The Morgan fingerprint density at radius 3 is 2.63 bits per heavy atom. The number of benzene rings is 1. The number of piperidine rings is 1. The molecular formula is C15H19NO3. The lowest BCUT2D eigenvalue weighted by Gasteiger charge is -2.26. The summed E-state index contributed by atoms with van der Waals surface area (Å²) in [4.78, 5) is 24.8. The second kappa shape index (κ2) is 5.87. The molecule has 1 heterocycles. The molecule has 4 nitrogen and oxygen atoms in total. The number of hydrogen-bond acceptors (Lipinski definition) is 3. The van der Waals surface area contributed by atoms with Crippen LogP contribution in [0.1, 0.15) is 24.0 Å². The van der Waals surface area contributed by atoms with Gasteiger partial charge >= 0.3 is 0 Å². The van der Waals surface area contributed by atoms with Crippen LogP contribution in [0.15, 0.2) is 18.2 Å². The van der Waals surface area contributed by atoms with Gasteiger partial charge < -0.3 is 9.64 Å². The first-order chi connectivity index (χ1) is 9.06. The lowest BCUT2D eigenvalue weighted by molar-refractivity contribution is -0.136. The van der Waals surface area contributed by atoms with E-state index < -0.39 is 0 Å². The maximum atomic E-state index is 12.0. The van der Waals surface area contributed by atoms with Crippen LogP contribution < -0.4 is 4.74 Å². The van der Waals surface area contributed by atoms with Gasteiger partial charge in [0.25, 0.3) is 5.91 Å². The Labute approximate surface area is 113 Å². The fraction of sp³-hybridized carbons (Fsp3) is 0.467. The molecule has 0 N–H and O–H groups in total. The number of carbonyl (C=O) groups excluding carboxylic acids is 2. The Hall–Kier alpha value is -1.84. The fourth-order valence-corrected chi connectivity index (χ4v) is 2.10. The number of ether oxygens (including phenoxy) is 1. The molecule has 19 heavy (non-hydrogen) atoms. The van der Waals surface area contributed by atoms with E-state index in [0.29, 0.717) is 25.9 Å². The van der Waals surface area contributed by atoms with E-state index in [2.05, 4.69) is 0 Å². The number of carbonyl (C=O) groups is 2. The van der Waals surface area contributed by atoms with Crippen LogP contribution in [0.3, 0.4) is 0 Å². The van der Waals surface area contributed by atoms with E-state index in [1.54, 1.807) is 4.90 Å². The molecule has 102 valence electrons. The van der Waals surface area contributed by atoms with Gasteiger partial charge in [-0.05, 0) is 31.0 Å². The maximum absolute atomic E-state index is 12.0. The molecule has 0 aliphatic carbocycles. The summed E-state index contributed by atoms with van der Waals surface area (Å²) in [7, 11) is 0. The molecular weight excluding hydrogens is 242 g/mol. The van der Waals surface area contributed by atoms with Crippen LogP contribution in [0.4, 0.5) is 0 Å². The van der Waals surface area contributed by atoms with E-state index >= 15 is 0 Å². The summed E-state index contributed by atoms with van der Waals surface area (Å²) in [5.74, 6) is 0.939. The summed E-state index contributed by atoms with van der Waals surface area (Å²) in [6.07, 6.45) is 0.935. The second-order valence-corrected chi connectivity index (χ2v) is 4.98. The topological polar surface area (TPSA) is 46.6 Å². The maximum Gasteiger partial charge on any atom is 0.260 e. The van der Waals surface area contributed by atoms with Crippen LogP contribution in [-0.2, 0) is 9.59 Å². The fourth-order valence-electron chi connectivity index (χ4n) is 2.10. The van der Waals surface area contributed by atoms with Gasteiger partial charge in [-0.3, -0.25) is 9.59 Å². The van der Waals surface area contributed by atoms with Crippen LogP contribution in [0.25, 0.3) is 0 Å². The average Bonchev–Trinajstić information content (AvgIpc) is 2.40. The minimum Gasteiger partial charge on any atom is -0.483 e. The van der Waals surface area contributed by atoms with Crippen molar-refractivity contribution < 1.29 is 14.3 Å². The van der Waals surface area contributed by atoms with Crippen LogP contribution in [0.2, 0.25) is 0 Å². The molecule has 0 radical (unpaired) electrons. The first-order valence-electron chi connectivity index (χ1n) is 6.56. The average molecular weight is 261 g/mol. The normalized spacial score (nSPS) is 15.5. The first-order valence-corrected chi connectivity index (χ1v) is 6.56. The predicted octanol–water partition coefficient (Wildman–Crippen LogP) is 1.87. The van der Waals surface area contributed by atoms with Crippen molar-refractivity contribution in [1.82, 2.24) is 4.90 Å². The second-order valence-electron chi connectivity index (χ2n) is 4.98. The van der Waals surface area contributed by atoms with Crippen molar-refractivity contribution in [2.45, 2.75) is 26.7 Å². The zero-order chi connectivity index (χ0) is 13.8. The third-order valence-corrected chi connectivity index (χ3v) is 3.37. The number of hydrogen-bond donors (Lipinski definition) is 0. The summed E-state index contributed by atoms with van der Waals surface area (Å²) >= 11 is 0. The molecule has 0 spiro atoms. The highest BCUT2D eigenvalue weighted by Crippen LogP contribution is 2.19. The Morgan fingerprint density at radius 2 is 1.95 bits per heavy atom. The van der Waals surface area contributed by atoms with E-state index in [1.165, 1.54) is 0 Å². The Bertz CT molecular complexity index is 486. The molecule has 1 amide bonds. The molecule has 0 aromatic heterocycles. The molecule has 1 aromatic carbocycles. The number of aryl methyl sites for hydroxylation is 2. The smallest absolute Gasteiger partial charge is 0.260 e. The van der Waals surface area contributed by atoms with Gasteiger partial charge in [-0.25, -0.2) is 0 Å². The number of rotatable bonds is 3. The van der Waals surface area contributed by atoms with E-state index in [0.717, 1.165) is 16.9 Å². The lowest BCUT2D eigenvalue weighted by Crippen LogP contribution is -2.41. The number of Topliss-reactive ketones (excluding diaryl/α,β-unsaturated/α-hetero) is 1. The van der Waals surface area contributed by atoms with Crippen molar-refractivity contribution in [2.24, 2.45) is 0 Å². The molecule has 1 aliphatic rings. The Kier molecular flexibility index (Phi) is 4.20. The van der Waals surface area contributed by atoms with Gasteiger partial charge in [0.15, 0.2) is 6.61 Å². The minimum absolute atomic E-state index is 0.0402. The summed E-state index contributed by atoms with van der Waals surface area (Å²) in [5.41, 5.74) is 2.13. The van der Waals surface area contributed by atoms with Gasteiger partial charge in [0.1, 0.15) is 11.5 Å². The van der Waals surface area contributed by atoms with Crippen molar-refractivity contribution in [3.8, 4) is 5.75 Å². The van der Waals surface area contributed by atoms with Crippen molar-refractivity contribution in [1.29, 1.82) is 0 Å². The number of amides is 1. The Morgan fingerprint density at radius 1 is 1.26 bits per heavy atom. The number of likely N-dealkylation sites (tertiary alicyclic amines) is 1. The van der Waals surface area contributed by atoms with Gasteiger partial charge in [-0.2, -0.15) is 0 Å². The SMILES string of the molecule is Cc1ccc(C)c(OCC(=O)N2CCC(=O)CC2)c1. The van der Waals surface area contributed by atoms with Gasteiger partial charge in [-0.15, -0.1) is 0 Å². The molecule has 2 rings (SSSR count). The molecule has 1 fully saturated rings. The van der Waals surface area contributed by atoms with Crippen LogP contribution in [-0.4, -0.2) is 36.3 Å². The zero-order valence-electron chi connectivity index (χ0n) is 11.4.